The zero-order valence-corrected chi connectivity index (χ0v) is 17.2. The van der Waals surface area contributed by atoms with E-state index in [0.29, 0.717) is 11.5 Å². The van der Waals surface area contributed by atoms with Crippen molar-refractivity contribution in [3.8, 4) is 11.5 Å². The third-order valence-electron chi connectivity index (χ3n) is 8.12. The summed E-state index contributed by atoms with van der Waals surface area (Å²) < 4.78 is 23.3. The van der Waals surface area contributed by atoms with Gasteiger partial charge < -0.3 is 24.3 Å². The van der Waals surface area contributed by atoms with Crippen LogP contribution in [0.25, 0.3) is 0 Å². The minimum absolute atomic E-state index is 0.00268. The van der Waals surface area contributed by atoms with Crippen LogP contribution in [0, 0.1) is 11.8 Å². The Bertz CT molecular complexity index is 961. The highest BCUT2D eigenvalue weighted by molar-refractivity contribution is 5.82. The highest BCUT2D eigenvalue weighted by atomic mass is 16.6. The van der Waals surface area contributed by atoms with E-state index in [1.807, 2.05) is 12.1 Å². The van der Waals surface area contributed by atoms with Crippen LogP contribution in [0.15, 0.2) is 23.8 Å². The zero-order chi connectivity index (χ0) is 20.1. The first-order chi connectivity index (χ1) is 14.0. The van der Waals surface area contributed by atoms with Gasteiger partial charge in [0.2, 0.25) is 0 Å². The Morgan fingerprint density at radius 3 is 2.72 bits per heavy atom. The maximum atomic E-state index is 13.3. The molecule has 1 N–H and O–H groups in total. The Hall–Kier alpha value is -2.25. The molecular formula is C22H26N2O5. The van der Waals surface area contributed by atoms with E-state index in [0.717, 1.165) is 30.6 Å². The summed E-state index contributed by atoms with van der Waals surface area (Å²) in [6.07, 6.45) is 3.84. The van der Waals surface area contributed by atoms with Crippen molar-refractivity contribution in [3.63, 3.8) is 0 Å². The summed E-state index contributed by atoms with van der Waals surface area (Å²) in [6.45, 7) is 2.92. The van der Waals surface area contributed by atoms with Crippen molar-refractivity contribution in [2.45, 2.75) is 43.2 Å². The van der Waals surface area contributed by atoms with Gasteiger partial charge in [0.25, 0.3) is 0 Å². The molecule has 0 amide bonds. The van der Waals surface area contributed by atoms with E-state index >= 15 is 0 Å². The van der Waals surface area contributed by atoms with Crippen molar-refractivity contribution in [3.05, 3.63) is 29.3 Å². The number of methoxy groups -OCH3 is 3. The van der Waals surface area contributed by atoms with Crippen LogP contribution in [0.3, 0.4) is 0 Å². The Morgan fingerprint density at radius 1 is 1.28 bits per heavy atom. The molecule has 6 atom stereocenters. The van der Waals surface area contributed by atoms with Crippen molar-refractivity contribution in [1.29, 1.82) is 0 Å². The molecule has 4 fully saturated rings. The van der Waals surface area contributed by atoms with Crippen LogP contribution in [0.4, 0.5) is 5.69 Å². The summed E-state index contributed by atoms with van der Waals surface area (Å²) in [5.41, 5.74) is 2.25. The molecule has 1 aromatic carbocycles. The van der Waals surface area contributed by atoms with E-state index in [9.17, 15) is 4.79 Å². The molecule has 5 aliphatic rings. The molecule has 4 heterocycles. The number of allylic oxidation sites excluding steroid dienone is 1. The van der Waals surface area contributed by atoms with Crippen molar-refractivity contribution in [2.24, 2.45) is 11.8 Å². The molecular weight excluding hydrogens is 372 g/mol. The lowest BCUT2D eigenvalue weighted by molar-refractivity contribution is -0.161. The van der Waals surface area contributed by atoms with Gasteiger partial charge in [-0.3, -0.25) is 9.69 Å². The van der Waals surface area contributed by atoms with Crippen LogP contribution >= 0.6 is 0 Å². The number of anilines is 1. The number of piperidine rings is 2. The molecule has 1 aromatic rings. The average molecular weight is 398 g/mol. The molecule has 1 spiro atoms. The van der Waals surface area contributed by atoms with Crippen LogP contribution < -0.4 is 14.8 Å². The maximum Gasteiger partial charge on any atom is 0.310 e. The summed E-state index contributed by atoms with van der Waals surface area (Å²) in [5, 5.41) is 3.72. The molecule has 7 heteroatoms. The average Bonchev–Trinajstić information content (AvgIpc) is 3.33. The molecule has 1 saturated carbocycles. The van der Waals surface area contributed by atoms with Gasteiger partial charge in [-0.25, -0.2) is 0 Å². The number of benzene rings is 1. The number of esters is 1. The lowest BCUT2D eigenvalue weighted by atomic mass is 9.49. The second-order valence-corrected chi connectivity index (χ2v) is 8.76. The fourth-order valence-corrected chi connectivity index (χ4v) is 7.12. The van der Waals surface area contributed by atoms with Gasteiger partial charge in [0.15, 0.2) is 17.2 Å². The quantitative estimate of drug-likeness (QED) is 0.619. The van der Waals surface area contributed by atoms with Gasteiger partial charge >= 0.3 is 5.97 Å². The van der Waals surface area contributed by atoms with E-state index in [-0.39, 0.29) is 30.1 Å². The van der Waals surface area contributed by atoms with Crippen molar-refractivity contribution < 1.29 is 23.7 Å². The molecule has 4 aliphatic heterocycles. The van der Waals surface area contributed by atoms with E-state index in [1.54, 1.807) is 14.2 Å². The Labute approximate surface area is 169 Å². The van der Waals surface area contributed by atoms with Gasteiger partial charge in [-0.2, -0.15) is 0 Å². The first-order valence-corrected chi connectivity index (χ1v) is 10.3. The molecule has 29 heavy (non-hydrogen) atoms. The third-order valence-corrected chi connectivity index (χ3v) is 8.12. The Morgan fingerprint density at radius 2 is 2.03 bits per heavy atom. The van der Waals surface area contributed by atoms with E-state index in [4.69, 9.17) is 18.9 Å². The topological polar surface area (TPSA) is 69.3 Å². The minimum atomic E-state index is -0.619. The van der Waals surface area contributed by atoms with Crippen LogP contribution in [0.1, 0.15) is 25.3 Å². The molecule has 0 unspecified atom stereocenters. The van der Waals surface area contributed by atoms with E-state index < -0.39 is 11.1 Å². The number of hydrogen-bond donors (Lipinski definition) is 1. The lowest BCUT2D eigenvalue weighted by Gasteiger charge is -2.60. The highest BCUT2D eigenvalue weighted by Crippen LogP contribution is 2.72. The normalized spacial score (nSPS) is 41.9. The Balaban J connectivity index is 1.64. The molecule has 3 saturated heterocycles. The standard InChI is InChI=1S/C22H26N2O5/c1-5-11-10-24-17-6-12(11)19(20(25)28-4)21-9-18(24)29-22(17,21)23-14-8-16(27-3)15(26-2)7-13(14)21/h5,7-8,12,17-19,23H,6,9-10H2,1-4H3/b11-5-/t12-,17-,18-,19+,21-,22-/m0/s1. The van der Waals surface area contributed by atoms with Crippen LogP contribution in [0.2, 0.25) is 0 Å². The van der Waals surface area contributed by atoms with Crippen molar-refractivity contribution >= 4 is 11.7 Å². The fourth-order valence-electron chi connectivity index (χ4n) is 7.12. The van der Waals surface area contributed by atoms with Gasteiger partial charge in [-0.15, -0.1) is 0 Å². The predicted molar refractivity (Wildman–Crippen MR) is 105 cm³/mol. The monoisotopic (exact) mass is 398 g/mol. The first kappa shape index (κ1) is 17.6. The van der Waals surface area contributed by atoms with Crippen molar-refractivity contribution in [1.82, 2.24) is 4.90 Å². The fraction of sp³-hybridized carbons (Fsp3) is 0.591. The number of fused-ring (bicyclic) bond motifs is 4. The molecule has 4 bridgehead atoms. The second kappa shape index (κ2) is 5.46. The van der Waals surface area contributed by atoms with Crippen LogP contribution in [-0.2, 0) is 19.7 Å². The third kappa shape index (κ3) is 1.73. The number of rotatable bonds is 3. The minimum Gasteiger partial charge on any atom is -0.493 e. The van der Waals surface area contributed by atoms with Crippen LogP contribution in [0.5, 0.6) is 11.5 Å². The highest BCUT2D eigenvalue weighted by Gasteiger charge is 2.82. The van der Waals surface area contributed by atoms with Gasteiger partial charge in [0, 0.05) is 24.7 Å². The molecule has 0 aromatic heterocycles. The van der Waals surface area contributed by atoms with Crippen molar-refractivity contribution in [2.75, 3.05) is 33.2 Å². The second-order valence-electron chi connectivity index (χ2n) is 8.76. The summed E-state index contributed by atoms with van der Waals surface area (Å²) in [4.78, 5) is 15.8. The molecule has 1 aliphatic carbocycles. The maximum absolute atomic E-state index is 13.3. The largest absolute Gasteiger partial charge is 0.493 e. The zero-order valence-electron chi connectivity index (χ0n) is 17.2. The van der Waals surface area contributed by atoms with Gasteiger partial charge in [-0.05, 0) is 30.9 Å². The number of carbonyl (C=O) groups is 1. The van der Waals surface area contributed by atoms with Crippen LogP contribution in [-0.4, -0.2) is 56.7 Å². The van der Waals surface area contributed by atoms with E-state index in [2.05, 4.69) is 23.2 Å². The smallest absolute Gasteiger partial charge is 0.310 e. The Kier molecular flexibility index (Phi) is 3.31. The number of ether oxygens (including phenoxy) is 4. The summed E-state index contributed by atoms with van der Waals surface area (Å²) in [6, 6.07) is 4.24. The first-order valence-electron chi connectivity index (χ1n) is 10.3. The SMILES string of the molecule is C/C=C1/CN2[C@@H]3C[C@@]45c6cc(OC)c(OC)cc6N[C@]4(O3)[C@@H]2C[C@@H]1[C@@H]5C(=O)OC. The number of nitrogens with one attached hydrogen (secondary N) is 1. The summed E-state index contributed by atoms with van der Waals surface area (Å²) in [7, 11) is 4.77. The summed E-state index contributed by atoms with van der Waals surface area (Å²) in [5.74, 6) is 1.05. The predicted octanol–water partition coefficient (Wildman–Crippen LogP) is 2.26. The summed E-state index contributed by atoms with van der Waals surface area (Å²) >= 11 is 0. The lowest BCUT2D eigenvalue weighted by Crippen LogP contribution is -2.73. The van der Waals surface area contributed by atoms with Gasteiger partial charge in [-0.1, -0.05) is 11.6 Å². The van der Waals surface area contributed by atoms with E-state index in [1.165, 1.54) is 12.7 Å². The molecule has 0 radical (unpaired) electrons. The molecule has 6 rings (SSSR count). The molecule has 154 valence electrons. The number of hydrogen-bond acceptors (Lipinski definition) is 7. The number of nitrogens with zero attached hydrogens (tertiary/aromatic N) is 1. The molecule has 7 nitrogen and oxygen atoms in total. The van der Waals surface area contributed by atoms with Gasteiger partial charge in [0.05, 0.1) is 38.7 Å². The number of carbonyl (C=O) groups excluding carboxylic acids is 1. The van der Waals surface area contributed by atoms with Gasteiger partial charge in [0.1, 0.15) is 6.23 Å².